The highest BCUT2D eigenvalue weighted by Crippen LogP contribution is 2.22. The highest BCUT2D eigenvalue weighted by Gasteiger charge is 2.04. The van der Waals surface area contributed by atoms with Crippen molar-refractivity contribution in [2.45, 2.75) is 6.42 Å². The van der Waals surface area contributed by atoms with Crippen molar-refractivity contribution in [1.29, 1.82) is 0 Å². The van der Waals surface area contributed by atoms with Gasteiger partial charge in [-0.3, -0.25) is 0 Å². The minimum atomic E-state index is -0.379. The van der Waals surface area contributed by atoms with Crippen LogP contribution in [0.15, 0.2) is 35.7 Å². The second-order valence-electron chi connectivity index (χ2n) is 3.36. The average molecular weight is 256 g/mol. The Labute approximate surface area is 103 Å². The maximum absolute atomic E-state index is 13.5. The molecule has 1 nitrogen and oxygen atoms in total. The van der Waals surface area contributed by atoms with E-state index in [-0.39, 0.29) is 10.8 Å². The summed E-state index contributed by atoms with van der Waals surface area (Å²) >= 11 is 7.38. The zero-order chi connectivity index (χ0) is 11.4. The van der Waals surface area contributed by atoms with E-state index in [0.717, 1.165) is 6.42 Å². The van der Waals surface area contributed by atoms with Crippen LogP contribution in [-0.4, -0.2) is 6.54 Å². The first kappa shape index (κ1) is 11.4. The highest BCUT2D eigenvalue weighted by molar-refractivity contribution is 7.09. The molecule has 0 bridgehead atoms. The maximum Gasteiger partial charge on any atom is 0.164 e. The first-order valence-corrected chi connectivity index (χ1v) is 6.23. The van der Waals surface area contributed by atoms with Gasteiger partial charge >= 0.3 is 0 Å². The van der Waals surface area contributed by atoms with Crippen molar-refractivity contribution in [3.05, 3.63) is 51.4 Å². The first-order valence-electron chi connectivity index (χ1n) is 4.97. The molecule has 0 aliphatic rings. The molecule has 0 saturated heterocycles. The van der Waals surface area contributed by atoms with Crippen molar-refractivity contribution >= 4 is 28.6 Å². The van der Waals surface area contributed by atoms with Gasteiger partial charge in [-0.2, -0.15) is 0 Å². The zero-order valence-electron chi connectivity index (χ0n) is 8.54. The second kappa shape index (κ2) is 5.32. The van der Waals surface area contributed by atoms with Crippen LogP contribution in [0.3, 0.4) is 0 Å². The quantitative estimate of drug-likeness (QED) is 0.864. The Morgan fingerprint density at radius 3 is 2.88 bits per heavy atom. The standard InChI is InChI=1S/C12H11ClFNS/c13-10-4-1-5-11(12(10)14)15-7-6-9-3-2-8-16-9/h1-5,8,15H,6-7H2. The van der Waals surface area contributed by atoms with Crippen LogP contribution >= 0.6 is 22.9 Å². The van der Waals surface area contributed by atoms with Crippen molar-refractivity contribution in [3.8, 4) is 0 Å². The summed E-state index contributed by atoms with van der Waals surface area (Å²) in [6, 6.07) is 9.05. The third-order valence-electron chi connectivity index (χ3n) is 2.22. The Kier molecular flexibility index (Phi) is 3.80. The third kappa shape index (κ3) is 2.74. The molecule has 0 aliphatic heterocycles. The van der Waals surface area contributed by atoms with Gasteiger partial charge in [-0.1, -0.05) is 23.7 Å². The molecule has 0 radical (unpaired) electrons. The van der Waals surface area contributed by atoms with Gasteiger partial charge in [0.2, 0.25) is 0 Å². The van der Waals surface area contributed by atoms with Crippen LogP contribution in [0.1, 0.15) is 4.88 Å². The maximum atomic E-state index is 13.5. The predicted molar refractivity (Wildman–Crippen MR) is 67.9 cm³/mol. The third-order valence-corrected chi connectivity index (χ3v) is 3.45. The van der Waals surface area contributed by atoms with Gasteiger partial charge < -0.3 is 5.32 Å². The van der Waals surface area contributed by atoms with Gasteiger partial charge in [0.1, 0.15) is 0 Å². The van der Waals surface area contributed by atoms with E-state index in [1.54, 1.807) is 29.5 Å². The summed E-state index contributed by atoms with van der Waals surface area (Å²) < 4.78 is 13.5. The van der Waals surface area contributed by atoms with Gasteiger partial charge in [-0.15, -0.1) is 11.3 Å². The fraction of sp³-hybridized carbons (Fsp3) is 0.167. The number of halogens is 2. The topological polar surface area (TPSA) is 12.0 Å². The fourth-order valence-corrected chi connectivity index (χ4v) is 2.30. The molecule has 0 amide bonds. The molecule has 0 saturated carbocycles. The molecule has 1 aromatic carbocycles. The van der Waals surface area contributed by atoms with E-state index in [4.69, 9.17) is 11.6 Å². The minimum absolute atomic E-state index is 0.154. The lowest BCUT2D eigenvalue weighted by atomic mass is 10.3. The van der Waals surface area contributed by atoms with Crippen molar-refractivity contribution in [2.24, 2.45) is 0 Å². The molecule has 84 valence electrons. The second-order valence-corrected chi connectivity index (χ2v) is 4.80. The van der Waals surface area contributed by atoms with Gasteiger partial charge in [0.25, 0.3) is 0 Å². The average Bonchev–Trinajstić information content (AvgIpc) is 2.77. The number of benzene rings is 1. The number of anilines is 1. The highest BCUT2D eigenvalue weighted by atomic mass is 35.5. The smallest absolute Gasteiger partial charge is 0.164 e. The van der Waals surface area contributed by atoms with Crippen LogP contribution in [0, 0.1) is 5.82 Å². The van der Waals surface area contributed by atoms with Crippen LogP contribution in [0.25, 0.3) is 0 Å². The Morgan fingerprint density at radius 1 is 1.25 bits per heavy atom. The van der Waals surface area contributed by atoms with Crippen LogP contribution in [-0.2, 0) is 6.42 Å². The lowest BCUT2D eigenvalue weighted by Gasteiger charge is -2.07. The molecular formula is C12H11ClFNS. The SMILES string of the molecule is Fc1c(Cl)cccc1NCCc1cccs1. The molecule has 1 aromatic heterocycles. The van der Waals surface area contributed by atoms with Gasteiger partial charge in [0.05, 0.1) is 10.7 Å². The molecule has 0 atom stereocenters. The van der Waals surface area contributed by atoms with Crippen LogP contribution < -0.4 is 5.32 Å². The molecular weight excluding hydrogens is 245 g/mol. The molecule has 16 heavy (non-hydrogen) atoms. The van der Waals surface area contributed by atoms with E-state index in [2.05, 4.69) is 11.4 Å². The van der Waals surface area contributed by atoms with Crippen molar-refractivity contribution in [3.63, 3.8) is 0 Å². The van der Waals surface area contributed by atoms with Crippen molar-refractivity contribution in [2.75, 3.05) is 11.9 Å². The van der Waals surface area contributed by atoms with E-state index in [9.17, 15) is 4.39 Å². The van der Waals surface area contributed by atoms with Gasteiger partial charge in [0.15, 0.2) is 5.82 Å². The molecule has 4 heteroatoms. The number of hydrogen-bond donors (Lipinski definition) is 1. The zero-order valence-corrected chi connectivity index (χ0v) is 10.1. The molecule has 1 N–H and O–H groups in total. The van der Waals surface area contributed by atoms with Crippen LogP contribution in [0.5, 0.6) is 0 Å². The van der Waals surface area contributed by atoms with E-state index < -0.39 is 0 Å². The normalized spacial score (nSPS) is 10.4. The Bertz CT molecular complexity index is 456. The van der Waals surface area contributed by atoms with E-state index in [1.807, 2.05) is 11.4 Å². The Hall–Kier alpha value is -1.06. The summed E-state index contributed by atoms with van der Waals surface area (Å²) in [5.74, 6) is -0.379. The van der Waals surface area contributed by atoms with Gasteiger partial charge in [-0.25, -0.2) is 4.39 Å². The van der Waals surface area contributed by atoms with Gasteiger partial charge in [-0.05, 0) is 30.0 Å². The van der Waals surface area contributed by atoms with Crippen LogP contribution in [0.4, 0.5) is 10.1 Å². The lowest BCUT2D eigenvalue weighted by molar-refractivity contribution is 0.630. The molecule has 2 rings (SSSR count). The molecule has 0 aliphatic carbocycles. The van der Waals surface area contributed by atoms with Crippen LogP contribution in [0.2, 0.25) is 5.02 Å². The predicted octanol–water partition coefficient (Wildman–Crippen LogP) is 4.20. The molecule has 2 aromatic rings. The monoisotopic (exact) mass is 255 g/mol. The number of nitrogens with one attached hydrogen (secondary N) is 1. The van der Waals surface area contributed by atoms with E-state index >= 15 is 0 Å². The fourth-order valence-electron chi connectivity index (χ4n) is 1.42. The molecule has 1 heterocycles. The van der Waals surface area contributed by atoms with Crippen molar-refractivity contribution < 1.29 is 4.39 Å². The van der Waals surface area contributed by atoms with E-state index in [0.29, 0.717) is 12.2 Å². The minimum Gasteiger partial charge on any atom is -0.382 e. The summed E-state index contributed by atoms with van der Waals surface area (Å²) in [6.07, 6.45) is 0.892. The Morgan fingerprint density at radius 2 is 2.12 bits per heavy atom. The summed E-state index contributed by atoms with van der Waals surface area (Å²) in [7, 11) is 0. The molecule has 0 fully saturated rings. The summed E-state index contributed by atoms with van der Waals surface area (Å²) in [5.41, 5.74) is 0.462. The first-order chi connectivity index (χ1) is 7.77. The summed E-state index contributed by atoms with van der Waals surface area (Å²) in [5, 5.41) is 5.23. The van der Waals surface area contributed by atoms with Gasteiger partial charge in [0, 0.05) is 11.4 Å². The number of thiophene rings is 1. The summed E-state index contributed by atoms with van der Waals surface area (Å²) in [6.45, 7) is 0.706. The largest absolute Gasteiger partial charge is 0.382 e. The number of hydrogen-bond acceptors (Lipinski definition) is 2. The lowest BCUT2D eigenvalue weighted by Crippen LogP contribution is -2.05. The molecule has 0 spiro atoms. The molecule has 0 unspecified atom stereocenters. The number of rotatable bonds is 4. The van der Waals surface area contributed by atoms with Crippen molar-refractivity contribution in [1.82, 2.24) is 0 Å². The van der Waals surface area contributed by atoms with E-state index in [1.165, 1.54) is 4.88 Å². The Balaban J connectivity index is 1.92. The summed E-state index contributed by atoms with van der Waals surface area (Å²) in [4.78, 5) is 1.29.